The van der Waals surface area contributed by atoms with Gasteiger partial charge < -0.3 is 9.50 Å². The number of rotatable bonds is 6. The van der Waals surface area contributed by atoms with Crippen molar-refractivity contribution in [3.63, 3.8) is 0 Å². The number of aromatic nitrogens is 2. The van der Waals surface area contributed by atoms with Gasteiger partial charge in [0.1, 0.15) is 22.9 Å². The van der Waals surface area contributed by atoms with E-state index >= 15 is 0 Å². The van der Waals surface area contributed by atoms with Gasteiger partial charge in [-0.05, 0) is 31.0 Å². The Morgan fingerprint density at radius 2 is 1.85 bits per heavy atom. The molecule has 1 unspecified atom stereocenters. The number of hydrogen-bond acceptors (Lipinski definition) is 6. The van der Waals surface area contributed by atoms with Crippen LogP contribution in [0.15, 0.2) is 30.6 Å². The van der Waals surface area contributed by atoms with Gasteiger partial charge in [0.05, 0.1) is 11.7 Å². The maximum absolute atomic E-state index is 12.3. The molecule has 2 rings (SSSR count). The van der Waals surface area contributed by atoms with Gasteiger partial charge in [0.25, 0.3) is 0 Å². The first-order valence-corrected chi connectivity index (χ1v) is 9.18. The fourth-order valence-corrected chi connectivity index (χ4v) is 2.69. The van der Waals surface area contributed by atoms with Gasteiger partial charge in [0, 0.05) is 0 Å². The van der Waals surface area contributed by atoms with Crippen molar-refractivity contribution in [3.8, 4) is 5.75 Å². The number of aryl methyl sites for hydroxylation is 1. The highest BCUT2D eigenvalue weighted by molar-refractivity contribution is 7.88. The number of anilines is 1. The predicted octanol–water partition coefficient (Wildman–Crippen LogP) is 4.23. The number of alkyl halides is 3. The molecule has 6 nitrogen and oxygen atoms in total. The summed E-state index contributed by atoms with van der Waals surface area (Å²) in [6.07, 6.45) is 1.97. The van der Waals surface area contributed by atoms with Gasteiger partial charge in [-0.1, -0.05) is 30.7 Å². The smallest absolute Gasteiger partial charge is 0.376 e. The average Bonchev–Trinajstić information content (AvgIpc) is 2.56. The van der Waals surface area contributed by atoms with Crippen LogP contribution < -0.4 is 9.50 Å². The number of nitrogens with zero attached hydrogens (tertiary/aromatic N) is 2. The third-order valence-corrected chi connectivity index (χ3v) is 4.89. The van der Waals surface area contributed by atoms with Crippen LogP contribution in [0.3, 0.4) is 0 Å². The molecule has 1 N–H and O–H groups in total. The lowest BCUT2D eigenvalue weighted by Crippen LogP contribution is -2.28. The van der Waals surface area contributed by atoms with Crippen molar-refractivity contribution in [2.24, 2.45) is 0 Å². The Morgan fingerprint density at radius 1 is 1.23 bits per heavy atom. The summed E-state index contributed by atoms with van der Waals surface area (Å²) in [6.45, 7) is 3.61. The molecule has 0 amide bonds. The van der Waals surface area contributed by atoms with Gasteiger partial charge in [-0.15, -0.1) is 0 Å². The Labute approximate surface area is 153 Å². The molecular formula is C15H15ClF3N3O3S. The van der Waals surface area contributed by atoms with Crippen molar-refractivity contribution in [2.75, 3.05) is 5.32 Å². The summed E-state index contributed by atoms with van der Waals surface area (Å²) in [4.78, 5) is 8.02. The maximum atomic E-state index is 12.3. The summed E-state index contributed by atoms with van der Waals surface area (Å²) in [5.74, 6) is -0.0113. The molecule has 0 bridgehead atoms. The van der Waals surface area contributed by atoms with Crippen molar-refractivity contribution in [1.82, 2.24) is 9.97 Å². The lowest BCUT2D eigenvalue weighted by Gasteiger charge is -2.19. The number of hydrogen-bond donors (Lipinski definition) is 1. The summed E-state index contributed by atoms with van der Waals surface area (Å²) in [5, 5.41) is 3.49. The Kier molecular flexibility index (Phi) is 5.97. The van der Waals surface area contributed by atoms with Crippen LogP contribution in [0, 0.1) is 6.92 Å². The fourth-order valence-electron chi connectivity index (χ4n) is 2.07. The molecule has 142 valence electrons. The molecule has 0 spiro atoms. The first-order chi connectivity index (χ1) is 12.0. The molecule has 0 aliphatic heterocycles. The molecule has 0 aliphatic carbocycles. The minimum absolute atomic E-state index is 0.255. The van der Waals surface area contributed by atoms with Gasteiger partial charge in [-0.2, -0.15) is 21.6 Å². The normalized spacial score (nSPS) is 13.3. The van der Waals surface area contributed by atoms with Crippen LogP contribution in [0.4, 0.5) is 19.0 Å². The SMILES string of the molecule is CCC(Nc1ncnc(C)c1Cl)c1ccc(OS(=O)(=O)C(F)(F)F)cc1. The summed E-state index contributed by atoms with van der Waals surface area (Å²) in [5.41, 5.74) is -4.20. The van der Waals surface area contributed by atoms with Gasteiger partial charge in [0.15, 0.2) is 0 Å². The van der Waals surface area contributed by atoms with Gasteiger partial charge in [-0.3, -0.25) is 0 Å². The predicted molar refractivity (Wildman–Crippen MR) is 90.5 cm³/mol. The monoisotopic (exact) mass is 409 g/mol. The highest BCUT2D eigenvalue weighted by atomic mass is 35.5. The summed E-state index contributed by atoms with van der Waals surface area (Å²) in [7, 11) is -5.70. The zero-order valence-corrected chi connectivity index (χ0v) is 15.3. The molecule has 2 aromatic rings. The molecular weight excluding hydrogens is 395 g/mol. The summed E-state index contributed by atoms with van der Waals surface area (Å²) in [6, 6.07) is 4.97. The zero-order valence-electron chi connectivity index (χ0n) is 13.7. The molecule has 0 saturated heterocycles. The molecule has 11 heteroatoms. The fraction of sp³-hybridized carbons (Fsp3) is 0.333. The van der Waals surface area contributed by atoms with E-state index in [9.17, 15) is 21.6 Å². The lowest BCUT2D eigenvalue weighted by atomic mass is 10.0. The molecule has 0 radical (unpaired) electrons. The quantitative estimate of drug-likeness (QED) is 0.568. The van der Waals surface area contributed by atoms with E-state index in [1.54, 1.807) is 6.92 Å². The Hall–Kier alpha value is -2.07. The minimum Gasteiger partial charge on any atom is -0.376 e. The van der Waals surface area contributed by atoms with E-state index in [4.69, 9.17) is 11.6 Å². The highest BCUT2D eigenvalue weighted by Crippen LogP contribution is 2.30. The Balaban J connectivity index is 2.19. The highest BCUT2D eigenvalue weighted by Gasteiger charge is 2.48. The van der Waals surface area contributed by atoms with Crippen LogP contribution in [0.1, 0.15) is 30.6 Å². The van der Waals surface area contributed by atoms with Crippen LogP contribution in [0.25, 0.3) is 0 Å². The first kappa shape index (κ1) is 20.2. The Bertz CT molecular complexity index is 874. The van der Waals surface area contributed by atoms with Gasteiger partial charge >= 0.3 is 15.6 Å². The van der Waals surface area contributed by atoms with E-state index in [2.05, 4.69) is 19.5 Å². The molecule has 1 aromatic heterocycles. The van der Waals surface area contributed by atoms with Crippen LogP contribution in [0.5, 0.6) is 5.75 Å². The maximum Gasteiger partial charge on any atom is 0.534 e. The number of nitrogens with one attached hydrogen (secondary N) is 1. The van der Waals surface area contributed by atoms with Crippen molar-refractivity contribution in [1.29, 1.82) is 0 Å². The van der Waals surface area contributed by atoms with Gasteiger partial charge in [-0.25, -0.2) is 9.97 Å². The molecule has 0 saturated carbocycles. The number of benzene rings is 1. The van der Waals surface area contributed by atoms with Crippen LogP contribution in [-0.2, 0) is 10.1 Å². The van der Waals surface area contributed by atoms with Crippen molar-refractivity contribution >= 4 is 27.5 Å². The third-order valence-electron chi connectivity index (χ3n) is 3.45. The molecule has 0 aliphatic rings. The molecule has 1 aromatic carbocycles. The summed E-state index contributed by atoms with van der Waals surface area (Å²) < 4.78 is 63.1. The van der Waals surface area contributed by atoms with E-state index < -0.39 is 21.4 Å². The third kappa shape index (κ3) is 4.55. The Morgan fingerprint density at radius 3 is 2.38 bits per heavy atom. The zero-order chi connectivity index (χ0) is 19.5. The van der Waals surface area contributed by atoms with Crippen LogP contribution in [-0.4, -0.2) is 23.9 Å². The van der Waals surface area contributed by atoms with E-state index in [1.807, 2.05) is 6.92 Å². The van der Waals surface area contributed by atoms with E-state index in [1.165, 1.54) is 18.5 Å². The van der Waals surface area contributed by atoms with E-state index in [0.29, 0.717) is 28.5 Å². The second kappa shape index (κ2) is 7.67. The molecule has 26 heavy (non-hydrogen) atoms. The largest absolute Gasteiger partial charge is 0.534 e. The second-order valence-corrected chi connectivity index (χ2v) is 7.19. The summed E-state index contributed by atoms with van der Waals surface area (Å²) >= 11 is 6.14. The first-order valence-electron chi connectivity index (χ1n) is 7.39. The average molecular weight is 410 g/mol. The minimum atomic E-state index is -5.70. The van der Waals surface area contributed by atoms with E-state index in [-0.39, 0.29) is 6.04 Å². The van der Waals surface area contributed by atoms with Crippen molar-refractivity contribution in [3.05, 3.63) is 46.9 Å². The van der Waals surface area contributed by atoms with Gasteiger partial charge in [0.2, 0.25) is 0 Å². The van der Waals surface area contributed by atoms with Crippen molar-refractivity contribution < 1.29 is 25.8 Å². The molecule has 1 heterocycles. The van der Waals surface area contributed by atoms with Crippen LogP contribution in [0.2, 0.25) is 5.02 Å². The van der Waals surface area contributed by atoms with Crippen LogP contribution >= 0.6 is 11.6 Å². The topological polar surface area (TPSA) is 81.2 Å². The lowest BCUT2D eigenvalue weighted by molar-refractivity contribution is -0.0500. The van der Waals surface area contributed by atoms with E-state index in [0.717, 1.165) is 12.1 Å². The second-order valence-electron chi connectivity index (χ2n) is 5.28. The standard InChI is InChI=1S/C15H15ClF3N3O3S/c1-3-12(22-14-13(16)9(2)20-8-21-14)10-4-6-11(7-5-10)25-26(23,24)15(17,18)19/h4-8,12H,3H2,1-2H3,(H,20,21,22). The van der Waals surface area contributed by atoms with Crippen molar-refractivity contribution in [2.45, 2.75) is 31.8 Å². The molecule has 0 fully saturated rings. The molecule has 1 atom stereocenters. The number of halogens is 4.